The van der Waals surface area contributed by atoms with E-state index in [-0.39, 0.29) is 17.2 Å². The molecular formula is C20H22N2O6. The van der Waals surface area contributed by atoms with Gasteiger partial charge in [-0.2, -0.15) is 0 Å². The molecule has 0 aliphatic carbocycles. The quantitative estimate of drug-likeness (QED) is 0.576. The Hall–Kier alpha value is -2.90. The van der Waals surface area contributed by atoms with E-state index in [1.54, 1.807) is 4.90 Å². The van der Waals surface area contributed by atoms with E-state index >= 15 is 0 Å². The summed E-state index contributed by atoms with van der Waals surface area (Å²) < 4.78 is 15.8. The number of rotatable bonds is 2. The Morgan fingerprint density at radius 3 is 2.46 bits per heavy atom. The van der Waals surface area contributed by atoms with E-state index in [0.29, 0.717) is 42.4 Å². The van der Waals surface area contributed by atoms with Gasteiger partial charge in [-0.15, -0.1) is 0 Å². The monoisotopic (exact) mass is 386 g/mol. The number of hydrogen-bond acceptors (Lipinski definition) is 7. The lowest BCUT2D eigenvalue weighted by Gasteiger charge is -2.33. The Bertz CT molecular complexity index is 912. The van der Waals surface area contributed by atoms with Crippen LogP contribution < -0.4 is 0 Å². The van der Waals surface area contributed by atoms with Crippen LogP contribution in [0.4, 0.5) is 4.79 Å². The summed E-state index contributed by atoms with van der Waals surface area (Å²) in [4.78, 5) is 41.7. The van der Waals surface area contributed by atoms with Crippen molar-refractivity contribution in [1.29, 1.82) is 0 Å². The van der Waals surface area contributed by atoms with Crippen molar-refractivity contribution in [3.63, 3.8) is 0 Å². The van der Waals surface area contributed by atoms with Gasteiger partial charge in [-0.1, -0.05) is 0 Å². The van der Waals surface area contributed by atoms with Crippen LogP contribution in [0.15, 0.2) is 16.5 Å². The van der Waals surface area contributed by atoms with Crippen LogP contribution >= 0.6 is 0 Å². The van der Waals surface area contributed by atoms with Gasteiger partial charge in [0.05, 0.1) is 11.1 Å². The lowest BCUT2D eigenvalue weighted by molar-refractivity contribution is 0.0182. The summed E-state index contributed by atoms with van der Waals surface area (Å²) in [6.07, 6.45) is 2.03. The molecule has 148 valence electrons. The van der Waals surface area contributed by atoms with Gasteiger partial charge in [-0.3, -0.25) is 0 Å². The molecule has 2 aliphatic rings. The molecule has 8 nitrogen and oxygen atoms in total. The number of benzene rings is 1. The molecular weight excluding hydrogens is 364 g/mol. The number of carbonyl (C=O) groups is 3. The van der Waals surface area contributed by atoms with E-state index in [0.717, 1.165) is 12.8 Å². The smallest absolute Gasteiger partial charge is 0.410 e. The standard InChI is InChI=1S/C20H22N2O6/c1-20(2,3)28-19(25)22-6-4-11(5-7-22)8-16-21-14-9-12-13(10-15(14)26-16)18(24)27-17(12)23/h9-11H,4-8H2,1-3H3. The third-order valence-electron chi connectivity index (χ3n) is 4.93. The second-order valence-electron chi connectivity index (χ2n) is 8.26. The van der Waals surface area contributed by atoms with Crippen molar-refractivity contribution >= 4 is 29.1 Å². The summed E-state index contributed by atoms with van der Waals surface area (Å²) in [5.41, 5.74) is 0.937. The van der Waals surface area contributed by atoms with Gasteiger partial charge in [0, 0.05) is 19.5 Å². The zero-order valence-electron chi connectivity index (χ0n) is 16.1. The molecule has 1 amide bonds. The average molecular weight is 386 g/mol. The van der Waals surface area contributed by atoms with Crippen LogP contribution in [-0.4, -0.2) is 46.6 Å². The van der Waals surface area contributed by atoms with E-state index in [4.69, 9.17) is 9.15 Å². The van der Waals surface area contributed by atoms with Crippen LogP contribution in [0.3, 0.4) is 0 Å². The minimum absolute atomic E-state index is 0.214. The molecule has 4 rings (SSSR count). The van der Waals surface area contributed by atoms with Gasteiger partial charge in [0.1, 0.15) is 11.1 Å². The van der Waals surface area contributed by atoms with Crippen molar-refractivity contribution in [3.8, 4) is 0 Å². The molecule has 8 heteroatoms. The molecule has 1 aromatic heterocycles. The number of ether oxygens (including phenoxy) is 2. The summed E-state index contributed by atoms with van der Waals surface area (Å²) in [6, 6.07) is 3.05. The van der Waals surface area contributed by atoms with Gasteiger partial charge in [0.25, 0.3) is 0 Å². The van der Waals surface area contributed by atoms with Crippen molar-refractivity contribution < 1.29 is 28.3 Å². The molecule has 2 aromatic rings. The SMILES string of the molecule is CC(C)(C)OC(=O)N1CCC(Cc2nc3cc4c(cc3o2)C(=O)OC4=O)CC1. The first-order valence-corrected chi connectivity index (χ1v) is 9.37. The lowest BCUT2D eigenvalue weighted by atomic mass is 9.94. The Balaban J connectivity index is 1.41. The Morgan fingerprint density at radius 2 is 1.82 bits per heavy atom. The molecule has 1 aromatic carbocycles. The minimum Gasteiger partial charge on any atom is -0.444 e. The normalized spacial score (nSPS) is 17.8. The molecule has 0 radical (unpaired) electrons. The number of hydrogen-bond donors (Lipinski definition) is 0. The number of amides is 1. The number of piperidine rings is 1. The minimum atomic E-state index is -0.658. The Morgan fingerprint density at radius 1 is 1.18 bits per heavy atom. The fourth-order valence-electron chi connectivity index (χ4n) is 3.53. The van der Waals surface area contributed by atoms with Crippen molar-refractivity contribution in [2.24, 2.45) is 5.92 Å². The van der Waals surface area contributed by atoms with E-state index in [1.807, 2.05) is 20.8 Å². The second kappa shape index (κ2) is 6.61. The molecule has 0 unspecified atom stereocenters. The average Bonchev–Trinajstić information content (AvgIpc) is 3.12. The van der Waals surface area contributed by atoms with Crippen molar-refractivity contribution in [1.82, 2.24) is 9.88 Å². The summed E-state index contributed by atoms with van der Waals surface area (Å²) >= 11 is 0. The number of cyclic esters (lactones) is 2. The molecule has 0 atom stereocenters. The number of aromatic nitrogens is 1. The molecule has 0 spiro atoms. The first-order chi connectivity index (χ1) is 13.2. The van der Waals surface area contributed by atoms with Crippen LogP contribution in [-0.2, 0) is 15.9 Å². The topological polar surface area (TPSA) is 98.9 Å². The number of esters is 2. The first-order valence-electron chi connectivity index (χ1n) is 9.37. The van der Waals surface area contributed by atoms with E-state index in [9.17, 15) is 14.4 Å². The number of likely N-dealkylation sites (tertiary alicyclic amines) is 1. The molecule has 1 saturated heterocycles. The first kappa shape index (κ1) is 18.5. The van der Waals surface area contributed by atoms with Gasteiger partial charge >= 0.3 is 18.0 Å². The van der Waals surface area contributed by atoms with Crippen LogP contribution in [0.25, 0.3) is 11.1 Å². The molecule has 3 heterocycles. The highest BCUT2D eigenvalue weighted by Gasteiger charge is 2.32. The van der Waals surface area contributed by atoms with Gasteiger partial charge in [-0.25, -0.2) is 19.4 Å². The van der Waals surface area contributed by atoms with Gasteiger partial charge in [0.2, 0.25) is 0 Å². The highest BCUT2D eigenvalue weighted by molar-refractivity contribution is 6.16. The number of nitrogens with zero attached hydrogens (tertiary/aromatic N) is 2. The van der Waals surface area contributed by atoms with E-state index in [2.05, 4.69) is 9.72 Å². The van der Waals surface area contributed by atoms with Crippen molar-refractivity contribution in [2.75, 3.05) is 13.1 Å². The summed E-state index contributed by atoms with van der Waals surface area (Å²) in [5.74, 6) is -0.407. The number of oxazole rings is 1. The maximum atomic E-state index is 12.2. The van der Waals surface area contributed by atoms with E-state index < -0.39 is 17.5 Å². The second-order valence-corrected chi connectivity index (χ2v) is 8.26. The lowest BCUT2D eigenvalue weighted by Crippen LogP contribution is -2.42. The highest BCUT2D eigenvalue weighted by atomic mass is 16.6. The summed E-state index contributed by atoms with van der Waals surface area (Å²) in [6.45, 7) is 6.83. The third-order valence-corrected chi connectivity index (χ3v) is 4.93. The highest BCUT2D eigenvalue weighted by Crippen LogP contribution is 2.29. The molecule has 2 aliphatic heterocycles. The Labute approximate surface area is 161 Å². The fourth-order valence-corrected chi connectivity index (χ4v) is 3.53. The number of carbonyl (C=O) groups excluding carboxylic acids is 3. The molecule has 0 saturated carbocycles. The zero-order valence-corrected chi connectivity index (χ0v) is 16.1. The van der Waals surface area contributed by atoms with E-state index in [1.165, 1.54) is 12.1 Å². The fraction of sp³-hybridized carbons (Fsp3) is 0.500. The number of fused-ring (bicyclic) bond motifs is 2. The van der Waals surface area contributed by atoms with Gasteiger partial charge in [-0.05, 0) is 51.7 Å². The largest absolute Gasteiger partial charge is 0.444 e. The van der Waals surface area contributed by atoms with Crippen LogP contribution in [0, 0.1) is 5.92 Å². The predicted molar refractivity (Wildman–Crippen MR) is 98.0 cm³/mol. The van der Waals surface area contributed by atoms with Crippen LogP contribution in [0.5, 0.6) is 0 Å². The van der Waals surface area contributed by atoms with Crippen LogP contribution in [0.1, 0.15) is 60.2 Å². The maximum absolute atomic E-state index is 12.2. The predicted octanol–water partition coefficient (Wildman–Crippen LogP) is 3.33. The van der Waals surface area contributed by atoms with Crippen molar-refractivity contribution in [3.05, 3.63) is 29.2 Å². The Kier molecular flexibility index (Phi) is 4.36. The molecule has 0 bridgehead atoms. The van der Waals surface area contributed by atoms with Gasteiger partial charge in [0.15, 0.2) is 11.5 Å². The van der Waals surface area contributed by atoms with Crippen LogP contribution in [0.2, 0.25) is 0 Å². The van der Waals surface area contributed by atoms with Crippen molar-refractivity contribution in [2.45, 2.75) is 45.6 Å². The summed E-state index contributed by atoms with van der Waals surface area (Å²) in [5, 5.41) is 0. The molecule has 1 fully saturated rings. The zero-order chi connectivity index (χ0) is 20.1. The molecule has 28 heavy (non-hydrogen) atoms. The molecule has 0 N–H and O–H groups in total. The maximum Gasteiger partial charge on any atom is 0.410 e. The third kappa shape index (κ3) is 3.58. The van der Waals surface area contributed by atoms with Gasteiger partial charge < -0.3 is 18.8 Å². The summed E-state index contributed by atoms with van der Waals surface area (Å²) in [7, 11) is 0.